The van der Waals surface area contributed by atoms with E-state index in [4.69, 9.17) is 13.8 Å². The van der Waals surface area contributed by atoms with Gasteiger partial charge in [-0.3, -0.25) is 14.2 Å². The Morgan fingerprint density at radius 2 is 0.759 bits per heavy atom. The molecule has 0 heterocycles. The van der Waals surface area contributed by atoms with Crippen LogP contribution in [0.4, 0.5) is 0 Å². The van der Waals surface area contributed by atoms with Crippen LogP contribution in [0, 0.1) is 0 Å². The van der Waals surface area contributed by atoms with Crippen molar-refractivity contribution in [2.24, 2.45) is 0 Å². The highest BCUT2D eigenvalue weighted by atomic mass is 31.2. The summed E-state index contributed by atoms with van der Waals surface area (Å²) in [6.07, 6.45) is 72.8. The number of phosphoric ester groups is 1. The van der Waals surface area contributed by atoms with E-state index in [2.05, 4.69) is 50.4 Å². The summed E-state index contributed by atoms with van der Waals surface area (Å²) in [5, 5.41) is 3.02. The summed E-state index contributed by atoms with van der Waals surface area (Å²) >= 11 is 0. The molecule has 1 N–H and O–H groups in total. The van der Waals surface area contributed by atoms with Gasteiger partial charge in [-0.2, -0.15) is 0 Å². The third-order valence-corrected chi connectivity index (χ3v) is 16.6. The molecule has 0 spiro atoms. The van der Waals surface area contributed by atoms with E-state index in [1.807, 2.05) is 33.3 Å². The average Bonchev–Trinajstić information content (AvgIpc) is 3.41. The zero-order valence-electron chi connectivity index (χ0n) is 53.3. The lowest BCUT2D eigenvalue weighted by Gasteiger charge is -2.30. The molecule has 3 atom stereocenters. The Morgan fingerprint density at radius 1 is 0.443 bits per heavy atom. The van der Waals surface area contributed by atoms with Crippen molar-refractivity contribution in [1.29, 1.82) is 0 Å². The van der Waals surface area contributed by atoms with Crippen LogP contribution in [-0.4, -0.2) is 69.4 Å². The molecule has 466 valence electrons. The molecular weight excluding hydrogens is 1000 g/mol. The molecule has 0 radical (unpaired) electrons. The number of rotatable bonds is 63. The number of nitrogens with zero attached hydrogens (tertiary/aromatic N) is 1. The van der Waals surface area contributed by atoms with Crippen molar-refractivity contribution in [2.45, 2.75) is 354 Å². The second kappa shape index (κ2) is 59.4. The molecule has 0 fully saturated rings. The number of nitrogens with one attached hydrogen (secondary N) is 1. The maximum Gasteiger partial charge on any atom is 0.306 e. The van der Waals surface area contributed by atoms with E-state index < -0.39 is 26.6 Å². The normalized spacial score (nSPS) is 13.8. The molecule has 0 aromatic heterocycles. The lowest BCUT2D eigenvalue weighted by atomic mass is 10.0. The van der Waals surface area contributed by atoms with Gasteiger partial charge in [0.15, 0.2) is 0 Å². The summed E-state index contributed by atoms with van der Waals surface area (Å²) in [5.74, 6) is -0.555. The van der Waals surface area contributed by atoms with Crippen LogP contribution in [-0.2, 0) is 27.9 Å². The number of quaternary nitrogens is 1. The SMILES string of the molecule is CCCCCCCCC/C=C/C=C/CCCCCC(=O)NC(COP(=O)([O-])OCC[N+](C)(C)C)C(/C=C\CCCCCCCCCCCC)OC(=O)CCCCCCCCCCCCCCCCCCCCCCCCCCC. The average molecular weight is 1130 g/mol. The third-order valence-electron chi connectivity index (χ3n) is 15.6. The van der Waals surface area contributed by atoms with Crippen molar-refractivity contribution in [3.05, 3.63) is 36.5 Å². The largest absolute Gasteiger partial charge is 0.756 e. The number of carbonyl (C=O) groups excluding carboxylic acids is 2. The summed E-state index contributed by atoms with van der Waals surface area (Å²) in [4.78, 5) is 40.1. The number of likely N-dealkylation sites (N-methyl/N-ethyl adjacent to an activating group) is 1. The summed E-state index contributed by atoms with van der Waals surface area (Å²) in [7, 11) is 1.18. The molecule has 0 aromatic rings. The maximum absolute atomic E-state index is 13.5. The fraction of sp³-hybridized carbons (Fsp3) is 0.884. The second-order valence-electron chi connectivity index (χ2n) is 24.7. The van der Waals surface area contributed by atoms with Crippen molar-refractivity contribution >= 4 is 19.7 Å². The van der Waals surface area contributed by atoms with Gasteiger partial charge in [0, 0.05) is 12.8 Å². The Balaban J connectivity index is 5.07. The number of allylic oxidation sites excluding steroid dienone is 5. The molecule has 9 nitrogen and oxygen atoms in total. The molecule has 10 heteroatoms. The predicted molar refractivity (Wildman–Crippen MR) is 340 cm³/mol. The van der Waals surface area contributed by atoms with Crippen molar-refractivity contribution in [3.63, 3.8) is 0 Å². The van der Waals surface area contributed by atoms with E-state index in [9.17, 15) is 19.0 Å². The summed E-state index contributed by atoms with van der Waals surface area (Å²) < 4.78 is 30.4. The molecule has 0 saturated heterocycles. The van der Waals surface area contributed by atoms with Crippen molar-refractivity contribution in [2.75, 3.05) is 40.9 Å². The fourth-order valence-corrected chi connectivity index (χ4v) is 11.0. The quantitative estimate of drug-likeness (QED) is 0.0161. The van der Waals surface area contributed by atoms with Gasteiger partial charge < -0.3 is 28.5 Å². The van der Waals surface area contributed by atoms with E-state index in [-0.39, 0.29) is 31.3 Å². The van der Waals surface area contributed by atoms with Crippen molar-refractivity contribution < 1.29 is 37.3 Å². The third kappa shape index (κ3) is 60.6. The van der Waals surface area contributed by atoms with Crippen LogP contribution in [0.1, 0.15) is 342 Å². The van der Waals surface area contributed by atoms with Gasteiger partial charge in [-0.15, -0.1) is 0 Å². The first-order valence-electron chi connectivity index (χ1n) is 34.3. The number of hydrogen-bond donors (Lipinski definition) is 1. The van der Waals surface area contributed by atoms with E-state index in [0.29, 0.717) is 17.4 Å². The first kappa shape index (κ1) is 77.2. The lowest BCUT2D eigenvalue weighted by Crippen LogP contribution is -2.47. The van der Waals surface area contributed by atoms with Gasteiger partial charge in [0.2, 0.25) is 5.91 Å². The Bertz CT molecular complexity index is 1450. The second-order valence-corrected chi connectivity index (χ2v) is 26.1. The lowest BCUT2D eigenvalue weighted by molar-refractivity contribution is -0.870. The van der Waals surface area contributed by atoms with Crippen LogP contribution in [0.15, 0.2) is 36.5 Å². The number of carbonyl (C=O) groups is 2. The standard InChI is InChI=1S/C69H133N2O7P/c1-7-10-13-16-19-22-25-28-30-32-33-34-35-36-37-38-39-40-42-44-47-50-53-56-59-62-69(73)78-67(60-57-54-51-48-45-27-24-21-18-15-12-9-3)66(65-77-79(74,75)76-64-63-71(4,5)6)70-68(72)61-58-55-52-49-46-43-41-31-29-26-23-20-17-14-11-8-2/h31,41,43,46,57,60,66-67H,7-30,32-40,42,44-45,47-56,58-59,61-65H2,1-6H3,(H-,70,72,74,75)/b41-31+,46-43+,60-57-. The maximum atomic E-state index is 13.5. The topological polar surface area (TPSA) is 114 Å². The molecule has 0 bridgehead atoms. The minimum atomic E-state index is -4.70. The van der Waals surface area contributed by atoms with Crippen LogP contribution in [0.5, 0.6) is 0 Å². The summed E-state index contributed by atoms with van der Waals surface area (Å²) in [6.45, 7) is 6.86. The van der Waals surface area contributed by atoms with Crippen LogP contribution in [0.2, 0.25) is 0 Å². The predicted octanol–water partition coefficient (Wildman–Crippen LogP) is 20.8. The zero-order chi connectivity index (χ0) is 57.9. The van der Waals surface area contributed by atoms with Gasteiger partial charge in [0.1, 0.15) is 19.3 Å². The molecule has 0 aliphatic rings. The monoisotopic (exact) mass is 1130 g/mol. The number of hydrogen-bond acceptors (Lipinski definition) is 7. The number of amides is 1. The Hall–Kier alpha value is -1.77. The van der Waals surface area contributed by atoms with E-state index >= 15 is 0 Å². The van der Waals surface area contributed by atoms with Gasteiger partial charge in [-0.1, -0.05) is 308 Å². The number of phosphoric acid groups is 1. The van der Waals surface area contributed by atoms with Gasteiger partial charge >= 0.3 is 5.97 Å². The fourth-order valence-electron chi connectivity index (χ4n) is 10.3. The number of unbranched alkanes of at least 4 members (excludes halogenated alkanes) is 44. The molecule has 0 saturated carbocycles. The van der Waals surface area contributed by atoms with Gasteiger partial charge in [-0.05, 0) is 57.4 Å². The highest BCUT2D eigenvalue weighted by molar-refractivity contribution is 7.45. The molecule has 1 amide bonds. The van der Waals surface area contributed by atoms with Crippen molar-refractivity contribution in [3.8, 4) is 0 Å². The van der Waals surface area contributed by atoms with Crippen LogP contribution in [0.3, 0.4) is 0 Å². The molecule has 0 aliphatic carbocycles. The van der Waals surface area contributed by atoms with Crippen molar-refractivity contribution in [1.82, 2.24) is 5.32 Å². The van der Waals surface area contributed by atoms with E-state index in [0.717, 1.165) is 64.2 Å². The van der Waals surface area contributed by atoms with Crippen LogP contribution >= 0.6 is 7.82 Å². The van der Waals surface area contributed by atoms with Crippen LogP contribution < -0.4 is 10.2 Å². The first-order chi connectivity index (χ1) is 38.4. The molecule has 0 aromatic carbocycles. The van der Waals surface area contributed by atoms with Gasteiger partial charge in [-0.25, -0.2) is 0 Å². The van der Waals surface area contributed by atoms with Gasteiger partial charge in [0.05, 0.1) is 33.8 Å². The Morgan fingerprint density at radius 3 is 1.13 bits per heavy atom. The highest BCUT2D eigenvalue weighted by Gasteiger charge is 2.27. The zero-order valence-corrected chi connectivity index (χ0v) is 54.2. The van der Waals surface area contributed by atoms with Crippen LogP contribution in [0.25, 0.3) is 0 Å². The minimum Gasteiger partial charge on any atom is -0.756 e. The van der Waals surface area contributed by atoms with E-state index in [1.165, 1.54) is 238 Å². The smallest absolute Gasteiger partial charge is 0.306 e. The molecule has 0 aliphatic heterocycles. The number of esters is 1. The minimum absolute atomic E-state index is 0.0250. The first-order valence-corrected chi connectivity index (χ1v) is 35.8. The Kier molecular flexibility index (Phi) is 58.1. The molecule has 79 heavy (non-hydrogen) atoms. The molecule has 3 unspecified atom stereocenters. The summed E-state index contributed by atoms with van der Waals surface area (Å²) in [6, 6.07) is -0.899. The molecule has 0 rings (SSSR count). The highest BCUT2D eigenvalue weighted by Crippen LogP contribution is 2.38. The van der Waals surface area contributed by atoms with E-state index in [1.54, 1.807) is 0 Å². The summed E-state index contributed by atoms with van der Waals surface area (Å²) in [5.41, 5.74) is 0. The Labute approximate surface area is 491 Å². The molecular formula is C69H133N2O7P. The number of ether oxygens (including phenoxy) is 1. The van der Waals surface area contributed by atoms with Gasteiger partial charge in [0.25, 0.3) is 7.82 Å².